The number of hydrogen-bond donors (Lipinski definition) is 1. The minimum atomic E-state index is -0.858. The Bertz CT molecular complexity index is 682. The maximum absolute atomic E-state index is 11.4. The van der Waals surface area contributed by atoms with E-state index in [4.69, 9.17) is 4.74 Å². The summed E-state index contributed by atoms with van der Waals surface area (Å²) in [6, 6.07) is 4.23. The Balaban J connectivity index is 2.62. The number of nitrogens with one attached hydrogen (secondary N) is 1. The molecule has 1 heterocycles. The molecule has 88 valence electrons. The fourth-order valence-corrected chi connectivity index (χ4v) is 1.44. The Hall–Kier alpha value is -2.37. The lowest BCUT2D eigenvalue weighted by Crippen LogP contribution is -2.15. The first kappa shape index (κ1) is 11.1. The van der Waals surface area contributed by atoms with Crippen LogP contribution in [0.5, 0.6) is 0 Å². The molecule has 0 spiro atoms. The van der Waals surface area contributed by atoms with Crippen LogP contribution in [-0.2, 0) is 4.74 Å². The summed E-state index contributed by atoms with van der Waals surface area (Å²) in [5.41, 5.74) is -0.225. The first-order valence-corrected chi connectivity index (χ1v) is 4.96. The lowest BCUT2D eigenvalue weighted by Gasteiger charge is -2.02. The van der Waals surface area contributed by atoms with Crippen LogP contribution in [0, 0.1) is 0 Å². The van der Waals surface area contributed by atoms with Crippen LogP contribution in [0.2, 0.25) is 0 Å². The van der Waals surface area contributed by atoms with E-state index in [9.17, 15) is 14.4 Å². The topological polar surface area (TPSA) is 89.4 Å². The zero-order valence-electron chi connectivity index (χ0n) is 8.98. The van der Waals surface area contributed by atoms with Crippen LogP contribution in [0.15, 0.2) is 32.2 Å². The van der Waals surface area contributed by atoms with Crippen LogP contribution in [-0.4, -0.2) is 17.6 Å². The van der Waals surface area contributed by atoms with Crippen LogP contribution in [0.4, 0.5) is 0 Å². The number of aromatic amines is 1. The van der Waals surface area contributed by atoms with Crippen molar-refractivity contribution in [3.8, 4) is 0 Å². The number of H-pyrrole nitrogens is 1. The number of esters is 1. The summed E-state index contributed by atoms with van der Waals surface area (Å²) >= 11 is 0. The van der Waals surface area contributed by atoms with Crippen molar-refractivity contribution < 1.29 is 13.9 Å². The average Bonchev–Trinajstić information content (AvgIpc) is 2.28. The Morgan fingerprint density at radius 3 is 2.88 bits per heavy atom. The molecule has 1 aromatic heterocycles. The van der Waals surface area contributed by atoms with E-state index in [2.05, 4.69) is 9.40 Å². The van der Waals surface area contributed by atoms with Gasteiger partial charge in [0.15, 0.2) is 0 Å². The van der Waals surface area contributed by atoms with E-state index in [0.29, 0.717) is 0 Å². The summed E-state index contributed by atoms with van der Waals surface area (Å²) in [6.45, 7) is 1.94. The third-order valence-electron chi connectivity index (χ3n) is 2.17. The van der Waals surface area contributed by atoms with Gasteiger partial charge in [-0.05, 0) is 25.1 Å². The van der Waals surface area contributed by atoms with Crippen molar-refractivity contribution in [2.24, 2.45) is 0 Å². The van der Waals surface area contributed by atoms with E-state index in [1.165, 1.54) is 18.2 Å². The number of hydrogen-bond acceptors (Lipinski definition) is 5. The molecule has 2 aromatic rings. The van der Waals surface area contributed by atoms with Gasteiger partial charge in [-0.25, -0.2) is 14.4 Å². The first-order valence-electron chi connectivity index (χ1n) is 4.96. The van der Waals surface area contributed by atoms with Gasteiger partial charge >= 0.3 is 17.4 Å². The second kappa shape index (κ2) is 4.25. The van der Waals surface area contributed by atoms with Crippen molar-refractivity contribution in [1.82, 2.24) is 4.98 Å². The van der Waals surface area contributed by atoms with Gasteiger partial charge in [0, 0.05) is 0 Å². The highest BCUT2D eigenvalue weighted by Gasteiger charge is 2.09. The quantitative estimate of drug-likeness (QED) is 0.772. The molecule has 0 radical (unpaired) electrons. The SMILES string of the molecule is CCOC(=O)c1ccc2c(=O)oc(=O)[nH]c2c1. The Morgan fingerprint density at radius 2 is 2.18 bits per heavy atom. The van der Waals surface area contributed by atoms with Gasteiger partial charge in [-0.2, -0.15) is 0 Å². The molecule has 0 saturated heterocycles. The third-order valence-corrected chi connectivity index (χ3v) is 2.17. The molecule has 0 atom stereocenters. The Morgan fingerprint density at radius 1 is 1.41 bits per heavy atom. The molecule has 0 saturated carbocycles. The highest BCUT2D eigenvalue weighted by Crippen LogP contribution is 2.10. The van der Waals surface area contributed by atoms with E-state index in [1.54, 1.807) is 6.92 Å². The molecule has 2 rings (SSSR count). The van der Waals surface area contributed by atoms with E-state index < -0.39 is 17.4 Å². The maximum Gasteiger partial charge on any atom is 0.419 e. The van der Waals surface area contributed by atoms with Crippen LogP contribution in [0.3, 0.4) is 0 Å². The zero-order valence-corrected chi connectivity index (χ0v) is 8.98. The molecular weight excluding hydrogens is 226 g/mol. The number of carbonyl (C=O) groups excluding carboxylic acids is 1. The minimum absolute atomic E-state index is 0.206. The molecule has 0 aliphatic heterocycles. The molecule has 0 aliphatic carbocycles. The van der Waals surface area contributed by atoms with E-state index in [-0.39, 0.29) is 23.1 Å². The van der Waals surface area contributed by atoms with Crippen molar-refractivity contribution in [3.63, 3.8) is 0 Å². The summed E-state index contributed by atoms with van der Waals surface area (Å²) < 4.78 is 9.16. The van der Waals surface area contributed by atoms with Gasteiger partial charge in [-0.15, -0.1) is 0 Å². The van der Waals surface area contributed by atoms with E-state index in [1.807, 2.05) is 0 Å². The van der Waals surface area contributed by atoms with Gasteiger partial charge in [-0.1, -0.05) is 0 Å². The fourth-order valence-electron chi connectivity index (χ4n) is 1.44. The van der Waals surface area contributed by atoms with Crippen molar-refractivity contribution in [3.05, 3.63) is 44.7 Å². The van der Waals surface area contributed by atoms with Gasteiger partial charge in [-0.3, -0.25) is 4.98 Å². The minimum Gasteiger partial charge on any atom is -0.462 e. The number of aromatic nitrogens is 1. The predicted octanol–water partition coefficient (Wildman–Crippen LogP) is 0.658. The predicted molar refractivity (Wildman–Crippen MR) is 59.1 cm³/mol. The maximum atomic E-state index is 11.4. The fraction of sp³-hybridized carbons (Fsp3) is 0.182. The lowest BCUT2D eigenvalue weighted by molar-refractivity contribution is 0.0526. The van der Waals surface area contributed by atoms with Crippen molar-refractivity contribution in [1.29, 1.82) is 0 Å². The van der Waals surface area contributed by atoms with E-state index in [0.717, 1.165) is 0 Å². The number of rotatable bonds is 2. The largest absolute Gasteiger partial charge is 0.462 e. The molecule has 1 N–H and O–H groups in total. The zero-order chi connectivity index (χ0) is 12.4. The van der Waals surface area contributed by atoms with Crippen LogP contribution < -0.4 is 11.4 Å². The summed E-state index contributed by atoms with van der Waals surface area (Å²) in [6.07, 6.45) is 0. The van der Waals surface area contributed by atoms with Crippen molar-refractivity contribution in [2.45, 2.75) is 6.92 Å². The van der Waals surface area contributed by atoms with Crippen LogP contribution in [0.25, 0.3) is 10.9 Å². The van der Waals surface area contributed by atoms with Gasteiger partial charge in [0.05, 0.1) is 23.1 Å². The van der Waals surface area contributed by atoms with Gasteiger partial charge < -0.3 is 9.15 Å². The van der Waals surface area contributed by atoms with Gasteiger partial charge in [0.25, 0.3) is 0 Å². The Kier molecular flexibility index (Phi) is 2.78. The average molecular weight is 235 g/mol. The summed E-state index contributed by atoms with van der Waals surface area (Å²) in [7, 11) is 0. The lowest BCUT2D eigenvalue weighted by atomic mass is 10.1. The second-order valence-corrected chi connectivity index (χ2v) is 3.28. The molecular formula is C11H9NO5. The second-order valence-electron chi connectivity index (χ2n) is 3.28. The van der Waals surface area contributed by atoms with Gasteiger partial charge in [0.1, 0.15) is 0 Å². The smallest absolute Gasteiger partial charge is 0.419 e. The number of carbonyl (C=O) groups is 1. The molecule has 17 heavy (non-hydrogen) atoms. The molecule has 1 aromatic carbocycles. The molecule has 0 unspecified atom stereocenters. The first-order chi connectivity index (χ1) is 8.11. The number of ether oxygens (including phenoxy) is 1. The Labute approximate surface area is 94.8 Å². The standard InChI is InChI=1S/C11H9NO5/c1-2-16-9(13)6-3-4-7-8(5-6)12-11(15)17-10(7)14/h3-5H,2H2,1H3,(H,12,15). The molecule has 6 heteroatoms. The third kappa shape index (κ3) is 2.10. The highest BCUT2D eigenvalue weighted by molar-refractivity contribution is 5.93. The van der Waals surface area contributed by atoms with Crippen LogP contribution >= 0.6 is 0 Å². The number of benzene rings is 1. The van der Waals surface area contributed by atoms with Gasteiger partial charge in [0.2, 0.25) is 0 Å². The highest BCUT2D eigenvalue weighted by atomic mass is 16.5. The monoisotopic (exact) mass is 235 g/mol. The normalized spacial score (nSPS) is 10.4. The molecule has 0 fully saturated rings. The van der Waals surface area contributed by atoms with Crippen LogP contribution in [0.1, 0.15) is 17.3 Å². The molecule has 0 aliphatic rings. The van der Waals surface area contributed by atoms with Crippen molar-refractivity contribution >= 4 is 16.9 Å². The van der Waals surface area contributed by atoms with Crippen molar-refractivity contribution in [2.75, 3.05) is 6.61 Å². The summed E-state index contributed by atoms with van der Waals surface area (Å²) in [5, 5.41) is 0.206. The summed E-state index contributed by atoms with van der Waals surface area (Å²) in [4.78, 5) is 36.1. The molecule has 0 amide bonds. The molecule has 0 bridgehead atoms. The number of fused-ring (bicyclic) bond motifs is 1. The van der Waals surface area contributed by atoms with E-state index >= 15 is 0 Å². The molecule has 6 nitrogen and oxygen atoms in total. The summed E-state index contributed by atoms with van der Waals surface area (Å²) in [5.74, 6) is -1.37.